The number of hydrogen-bond acceptors (Lipinski definition) is 5. The van der Waals surface area contributed by atoms with Crippen molar-refractivity contribution in [3.05, 3.63) is 24.3 Å². The fourth-order valence-electron chi connectivity index (χ4n) is 3.53. The van der Waals surface area contributed by atoms with Crippen LogP contribution in [-0.4, -0.2) is 69.2 Å². The predicted octanol–water partition coefficient (Wildman–Crippen LogP) is 0.365. The van der Waals surface area contributed by atoms with E-state index in [9.17, 15) is 18.0 Å². The summed E-state index contributed by atoms with van der Waals surface area (Å²) in [6.45, 7) is 4.42. The summed E-state index contributed by atoms with van der Waals surface area (Å²) < 4.78 is 26.4. The van der Waals surface area contributed by atoms with Gasteiger partial charge >= 0.3 is 0 Å². The highest BCUT2D eigenvalue weighted by Gasteiger charge is 2.38. The van der Waals surface area contributed by atoms with Crippen molar-refractivity contribution >= 4 is 39.9 Å². The second kappa shape index (κ2) is 8.55. The molecule has 0 saturated carbocycles. The van der Waals surface area contributed by atoms with Gasteiger partial charge in [-0.25, -0.2) is 8.42 Å². The molecule has 150 valence electrons. The van der Waals surface area contributed by atoms with E-state index in [1.165, 1.54) is 38.2 Å². The Morgan fingerprint density at radius 1 is 1.19 bits per heavy atom. The molecule has 2 N–H and O–H groups in total. The van der Waals surface area contributed by atoms with E-state index in [2.05, 4.69) is 10.6 Å². The number of likely N-dealkylation sites (N-methyl/N-ethyl adjacent to an activating group) is 1. The molecule has 8 nitrogen and oxygen atoms in total. The van der Waals surface area contributed by atoms with Crippen molar-refractivity contribution in [2.75, 3.05) is 45.1 Å². The van der Waals surface area contributed by atoms with E-state index in [0.717, 1.165) is 17.4 Å². The monoisotopic (exact) mass is 416 g/mol. The fraction of sp³-hybridized carbons (Fsp3) is 0.529. The number of carbonyl (C=O) groups excluding carboxylic acids is 2. The molecule has 27 heavy (non-hydrogen) atoms. The number of carbonyl (C=O) groups is 2. The van der Waals surface area contributed by atoms with E-state index in [4.69, 9.17) is 0 Å². The lowest BCUT2D eigenvalue weighted by molar-refractivity contribution is -0.130. The molecule has 0 bridgehead atoms. The van der Waals surface area contributed by atoms with Gasteiger partial charge in [0.1, 0.15) is 0 Å². The highest BCUT2D eigenvalue weighted by atomic mass is 35.5. The molecule has 2 heterocycles. The lowest BCUT2D eigenvalue weighted by Crippen LogP contribution is -2.41. The summed E-state index contributed by atoms with van der Waals surface area (Å²) in [6, 6.07) is 5.90. The number of nitrogens with zero attached hydrogens (tertiary/aromatic N) is 2. The summed E-state index contributed by atoms with van der Waals surface area (Å²) in [7, 11) is -2.36. The quantitative estimate of drug-likeness (QED) is 0.722. The molecule has 2 aliphatic heterocycles. The van der Waals surface area contributed by atoms with Gasteiger partial charge in [0.15, 0.2) is 0 Å². The lowest BCUT2D eigenvalue weighted by Gasteiger charge is -2.22. The molecule has 3 rings (SSSR count). The van der Waals surface area contributed by atoms with Crippen LogP contribution in [0.15, 0.2) is 29.2 Å². The van der Waals surface area contributed by atoms with Crippen molar-refractivity contribution < 1.29 is 18.0 Å². The second-order valence-corrected chi connectivity index (χ2v) is 8.99. The van der Waals surface area contributed by atoms with Crippen molar-refractivity contribution in [2.45, 2.75) is 11.8 Å². The summed E-state index contributed by atoms with van der Waals surface area (Å²) in [6.07, 6.45) is 0. The first-order valence-corrected chi connectivity index (χ1v) is 10.0. The third kappa shape index (κ3) is 4.78. The topological polar surface area (TPSA) is 98.8 Å². The zero-order valence-corrected chi connectivity index (χ0v) is 17.0. The summed E-state index contributed by atoms with van der Waals surface area (Å²) in [5.41, 5.74) is 0.521. The second-order valence-electron chi connectivity index (χ2n) is 6.94. The Morgan fingerprint density at radius 2 is 1.74 bits per heavy atom. The number of likely N-dealkylation sites (tertiary alicyclic amines) is 1. The maximum absolute atomic E-state index is 12.7. The van der Waals surface area contributed by atoms with Crippen molar-refractivity contribution in [3.63, 3.8) is 0 Å². The van der Waals surface area contributed by atoms with Crippen LogP contribution in [-0.2, 0) is 19.6 Å². The van der Waals surface area contributed by atoms with E-state index in [0.29, 0.717) is 30.6 Å². The highest BCUT2D eigenvalue weighted by Crippen LogP contribution is 2.26. The fourth-order valence-corrected chi connectivity index (χ4v) is 4.65. The summed E-state index contributed by atoms with van der Waals surface area (Å²) in [4.78, 5) is 25.4. The highest BCUT2D eigenvalue weighted by molar-refractivity contribution is 7.89. The first kappa shape index (κ1) is 21.6. The molecule has 0 unspecified atom stereocenters. The molecule has 2 saturated heterocycles. The maximum Gasteiger partial charge on any atom is 0.243 e. The van der Waals surface area contributed by atoms with Crippen LogP contribution in [0.5, 0.6) is 0 Å². The third-order valence-electron chi connectivity index (χ3n) is 4.98. The minimum atomic E-state index is -3.77. The number of benzene rings is 1. The molecular weight excluding hydrogens is 392 g/mol. The molecule has 0 radical (unpaired) electrons. The van der Waals surface area contributed by atoms with Crippen LogP contribution in [0.3, 0.4) is 0 Å². The minimum Gasteiger partial charge on any atom is -0.341 e. The normalized spacial score (nSPS) is 21.7. The predicted molar refractivity (Wildman–Crippen MR) is 104 cm³/mol. The Morgan fingerprint density at radius 3 is 2.26 bits per heavy atom. The zero-order valence-electron chi connectivity index (χ0n) is 15.3. The van der Waals surface area contributed by atoms with Crippen LogP contribution < -0.4 is 10.6 Å². The standard InChI is InChI=1S/C17H24N4O4S.ClH/c1-12(22)19-15-3-5-16(6-4-15)26(24,25)20(2)11-17(23)21-9-13-7-18-8-14(13)10-21;/h3-6,13-14,18H,7-11H2,1-2H3,(H,19,22);1H/t13-,14+;. The van der Waals surface area contributed by atoms with E-state index in [-0.39, 0.29) is 35.7 Å². The van der Waals surface area contributed by atoms with Gasteiger partial charge in [0.2, 0.25) is 21.8 Å². The lowest BCUT2D eigenvalue weighted by atomic mass is 10.0. The number of rotatable bonds is 5. The number of sulfonamides is 1. The van der Waals surface area contributed by atoms with Gasteiger partial charge in [0, 0.05) is 45.8 Å². The van der Waals surface area contributed by atoms with Gasteiger partial charge in [-0.15, -0.1) is 12.4 Å². The third-order valence-corrected chi connectivity index (χ3v) is 6.80. The minimum absolute atomic E-state index is 0. The zero-order chi connectivity index (χ0) is 18.9. The summed E-state index contributed by atoms with van der Waals surface area (Å²) in [5.74, 6) is 0.554. The molecule has 0 aromatic heterocycles. The average molecular weight is 417 g/mol. The Bertz CT molecular complexity index is 788. The number of halogens is 1. The molecule has 2 fully saturated rings. The Hall–Kier alpha value is -1.68. The molecule has 2 aliphatic rings. The van der Waals surface area contributed by atoms with Crippen molar-refractivity contribution in [1.82, 2.24) is 14.5 Å². The van der Waals surface area contributed by atoms with Crippen molar-refractivity contribution in [1.29, 1.82) is 0 Å². The first-order chi connectivity index (χ1) is 12.3. The largest absolute Gasteiger partial charge is 0.341 e. The molecule has 0 spiro atoms. The van der Waals surface area contributed by atoms with E-state index in [1.807, 2.05) is 0 Å². The van der Waals surface area contributed by atoms with Gasteiger partial charge in [-0.3, -0.25) is 9.59 Å². The Labute approximate surface area is 165 Å². The van der Waals surface area contributed by atoms with Crippen LogP contribution in [0.2, 0.25) is 0 Å². The van der Waals surface area contributed by atoms with Crippen LogP contribution in [0, 0.1) is 11.8 Å². The maximum atomic E-state index is 12.7. The molecule has 2 amide bonds. The summed E-state index contributed by atoms with van der Waals surface area (Å²) in [5, 5.41) is 5.90. The van der Waals surface area contributed by atoms with Gasteiger partial charge in [-0.2, -0.15) is 4.31 Å². The average Bonchev–Trinajstić information content (AvgIpc) is 3.16. The van der Waals surface area contributed by atoms with Gasteiger partial charge in [-0.05, 0) is 36.1 Å². The molecular formula is C17H25ClN4O4S. The van der Waals surface area contributed by atoms with Crippen molar-refractivity contribution in [3.8, 4) is 0 Å². The Kier molecular flexibility index (Phi) is 6.85. The van der Waals surface area contributed by atoms with Gasteiger partial charge in [0.25, 0.3) is 0 Å². The molecule has 2 atom stereocenters. The van der Waals surface area contributed by atoms with Gasteiger partial charge in [-0.1, -0.05) is 0 Å². The smallest absolute Gasteiger partial charge is 0.243 e. The SMILES string of the molecule is CC(=O)Nc1ccc(S(=O)(=O)N(C)CC(=O)N2C[C@H]3CNC[C@H]3C2)cc1.Cl. The van der Waals surface area contributed by atoms with Gasteiger partial charge < -0.3 is 15.5 Å². The van der Waals surface area contributed by atoms with Crippen LogP contribution in [0.25, 0.3) is 0 Å². The van der Waals surface area contributed by atoms with E-state index >= 15 is 0 Å². The number of anilines is 1. The van der Waals surface area contributed by atoms with E-state index < -0.39 is 10.0 Å². The number of fused-ring (bicyclic) bond motifs is 1. The molecule has 1 aromatic carbocycles. The van der Waals surface area contributed by atoms with E-state index in [1.54, 1.807) is 4.90 Å². The number of amides is 2. The molecule has 0 aliphatic carbocycles. The number of nitrogens with one attached hydrogen (secondary N) is 2. The first-order valence-electron chi connectivity index (χ1n) is 8.60. The Balaban J connectivity index is 0.00000261. The number of hydrogen-bond donors (Lipinski definition) is 2. The van der Waals surface area contributed by atoms with Crippen LogP contribution in [0.1, 0.15) is 6.92 Å². The van der Waals surface area contributed by atoms with Crippen LogP contribution >= 0.6 is 12.4 Å². The summed E-state index contributed by atoms with van der Waals surface area (Å²) >= 11 is 0. The van der Waals surface area contributed by atoms with Gasteiger partial charge in [0.05, 0.1) is 11.4 Å². The van der Waals surface area contributed by atoms with Crippen molar-refractivity contribution in [2.24, 2.45) is 11.8 Å². The molecule has 10 heteroatoms. The molecule has 1 aromatic rings. The van der Waals surface area contributed by atoms with Crippen LogP contribution in [0.4, 0.5) is 5.69 Å².